The van der Waals surface area contributed by atoms with E-state index in [1.54, 1.807) is 18.2 Å². The van der Waals surface area contributed by atoms with E-state index in [1.807, 2.05) is 0 Å². The highest BCUT2D eigenvalue weighted by Crippen LogP contribution is 2.34. The predicted molar refractivity (Wildman–Crippen MR) is 116 cm³/mol. The van der Waals surface area contributed by atoms with Crippen LogP contribution in [0.1, 0.15) is 19.3 Å². The summed E-state index contributed by atoms with van der Waals surface area (Å²) in [6.07, 6.45) is 1.47. The summed E-state index contributed by atoms with van der Waals surface area (Å²) < 4.78 is 44.1. The number of carbonyl (C=O) groups excluding carboxylic acids is 1. The molecule has 0 unspecified atom stereocenters. The van der Waals surface area contributed by atoms with Crippen LogP contribution in [0.2, 0.25) is 10.0 Å². The third-order valence-electron chi connectivity index (χ3n) is 5.25. The molecule has 0 amide bonds. The van der Waals surface area contributed by atoms with Crippen molar-refractivity contribution in [2.24, 2.45) is 5.92 Å². The van der Waals surface area contributed by atoms with Crippen LogP contribution in [0.5, 0.6) is 17.2 Å². The first kappa shape index (κ1) is 22.2. The zero-order chi connectivity index (χ0) is 22.0. The van der Waals surface area contributed by atoms with Gasteiger partial charge in [0.25, 0.3) is 0 Å². The Morgan fingerprint density at radius 2 is 1.68 bits per heavy atom. The number of hydrogen-bond donors (Lipinski definition) is 0. The van der Waals surface area contributed by atoms with Crippen LogP contribution in [-0.4, -0.2) is 45.0 Å². The minimum Gasteiger partial charge on any atom is -0.490 e. The highest BCUT2D eigenvalue weighted by molar-refractivity contribution is 7.89. The summed E-state index contributed by atoms with van der Waals surface area (Å²) in [5.74, 6) is 0.469. The van der Waals surface area contributed by atoms with E-state index in [-0.39, 0.29) is 18.0 Å². The minimum absolute atomic E-state index is 0.147. The smallest absolute Gasteiger partial charge is 0.314 e. The average Bonchev–Trinajstić information content (AvgIpc) is 3.01. The first-order chi connectivity index (χ1) is 14.8. The first-order valence-electron chi connectivity index (χ1n) is 9.91. The molecular weight excluding hydrogens is 465 g/mol. The molecule has 0 spiro atoms. The third kappa shape index (κ3) is 4.92. The molecule has 4 rings (SSSR count). The van der Waals surface area contributed by atoms with E-state index in [9.17, 15) is 13.2 Å². The van der Waals surface area contributed by atoms with Crippen LogP contribution < -0.4 is 14.2 Å². The van der Waals surface area contributed by atoms with Gasteiger partial charge in [0, 0.05) is 31.6 Å². The molecule has 0 saturated carbocycles. The Bertz CT molecular complexity index is 1080. The molecule has 0 bridgehead atoms. The van der Waals surface area contributed by atoms with E-state index in [4.69, 9.17) is 37.4 Å². The van der Waals surface area contributed by atoms with E-state index in [0.29, 0.717) is 53.3 Å². The van der Waals surface area contributed by atoms with Gasteiger partial charge in [0.2, 0.25) is 10.0 Å². The maximum absolute atomic E-state index is 13.1. The number of benzene rings is 2. The highest BCUT2D eigenvalue weighted by atomic mass is 35.5. The molecule has 0 N–H and O–H groups in total. The number of rotatable bonds is 4. The average molecular weight is 486 g/mol. The lowest BCUT2D eigenvalue weighted by Gasteiger charge is -2.30. The fourth-order valence-electron chi connectivity index (χ4n) is 3.52. The molecule has 2 heterocycles. The Kier molecular flexibility index (Phi) is 6.62. The van der Waals surface area contributed by atoms with E-state index in [0.717, 1.165) is 6.42 Å². The number of ether oxygens (including phenoxy) is 3. The molecule has 31 heavy (non-hydrogen) atoms. The molecule has 2 aromatic carbocycles. The van der Waals surface area contributed by atoms with Gasteiger partial charge < -0.3 is 14.2 Å². The zero-order valence-corrected chi connectivity index (χ0v) is 18.9. The van der Waals surface area contributed by atoms with Crippen LogP contribution in [0.4, 0.5) is 0 Å². The number of fused-ring (bicyclic) bond motifs is 1. The second-order valence-electron chi connectivity index (χ2n) is 7.33. The van der Waals surface area contributed by atoms with Gasteiger partial charge >= 0.3 is 5.97 Å². The van der Waals surface area contributed by atoms with Crippen LogP contribution in [0.25, 0.3) is 0 Å². The van der Waals surface area contributed by atoms with E-state index in [1.165, 1.54) is 22.5 Å². The van der Waals surface area contributed by atoms with E-state index >= 15 is 0 Å². The lowest BCUT2D eigenvalue weighted by Crippen LogP contribution is -2.41. The van der Waals surface area contributed by atoms with Gasteiger partial charge in [0.15, 0.2) is 11.5 Å². The maximum atomic E-state index is 13.1. The second-order valence-corrected chi connectivity index (χ2v) is 10.1. The predicted octanol–water partition coefficient (Wildman–Crippen LogP) is 4.16. The topological polar surface area (TPSA) is 82.1 Å². The fourth-order valence-corrected chi connectivity index (χ4v) is 5.30. The molecule has 1 saturated heterocycles. The number of sulfonamides is 1. The van der Waals surface area contributed by atoms with Crippen LogP contribution in [0.15, 0.2) is 41.3 Å². The highest BCUT2D eigenvalue weighted by Gasteiger charge is 2.33. The largest absolute Gasteiger partial charge is 0.490 e. The summed E-state index contributed by atoms with van der Waals surface area (Å²) in [5.41, 5.74) is 0. The van der Waals surface area contributed by atoms with Crippen molar-refractivity contribution in [2.75, 3.05) is 26.3 Å². The van der Waals surface area contributed by atoms with Gasteiger partial charge in [-0.05, 0) is 37.1 Å². The van der Waals surface area contributed by atoms with Gasteiger partial charge in [-0.25, -0.2) is 8.42 Å². The number of esters is 1. The van der Waals surface area contributed by atoms with Gasteiger partial charge in [0.1, 0.15) is 5.75 Å². The molecule has 2 aliphatic heterocycles. The lowest BCUT2D eigenvalue weighted by molar-refractivity contribution is -0.140. The number of piperidine rings is 1. The lowest BCUT2D eigenvalue weighted by atomic mass is 9.98. The Morgan fingerprint density at radius 3 is 2.39 bits per heavy atom. The normalized spacial score (nSPS) is 17.7. The van der Waals surface area contributed by atoms with Crippen molar-refractivity contribution in [3.8, 4) is 17.2 Å². The van der Waals surface area contributed by atoms with Crippen molar-refractivity contribution in [3.05, 3.63) is 46.4 Å². The van der Waals surface area contributed by atoms with Crippen molar-refractivity contribution < 1.29 is 27.4 Å². The first-order valence-corrected chi connectivity index (χ1v) is 12.1. The van der Waals surface area contributed by atoms with Crippen LogP contribution in [0, 0.1) is 5.92 Å². The summed E-state index contributed by atoms with van der Waals surface area (Å²) >= 11 is 11.8. The Hall–Kier alpha value is -2.00. The molecule has 2 aliphatic rings. The van der Waals surface area contributed by atoms with E-state index < -0.39 is 21.9 Å². The Labute approximate surface area is 190 Å². The fraction of sp³-hybridized carbons (Fsp3) is 0.381. The Morgan fingerprint density at radius 1 is 0.968 bits per heavy atom. The molecule has 0 radical (unpaired) electrons. The van der Waals surface area contributed by atoms with Crippen molar-refractivity contribution >= 4 is 39.2 Å². The van der Waals surface area contributed by atoms with Crippen LogP contribution >= 0.6 is 23.2 Å². The summed E-state index contributed by atoms with van der Waals surface area (Å²) in [6.45, 7) is 1.45. The molecule has 0 aliphatic carbocycles. The molecule has 1 fully saturated rings. The SMILES string of the molecule is O=C(Oc1ccc(Cl)c(Cl)c1)C1CCN(S(=O)(=O)c2ccc3c(c2)OCCCO3)CC1. The quantitative estimate of drug-likeness (QED) is 0.477. The van der Waals surface area contributed by atoms with Crippen LogP contribution in [-0.2, 0) is 14.8 Å². The number of halogens is 2. The van der Waals surface area contributed by atoms with Crippen molar-refractivity contribution in [1.29, 1.82) is 0 Å². The molecule has 7 nitrogen and oxygen atoms in total. The number of nitrogens with zero attached hydrogens (tertiary/aromatic N) is 1. The molecule has 0 atom stereocenters. The Balaban J connectivity index is 1.40. The standard InChI is InChI=1S/C21H21Cl2NO6S/c22-17-4-2-15(12-18(17)23)30-21(25)14-6-8-24(9-7-14)31(26,27)16-3-5-19-20(13-16)29-11-1-10-28-19/h2-5,12-14H,1,6-11H2. The molecule has 0 aromatic heterocycles. The number of hydrogen-bond acceptors (Lipinski definition) is 6. The summed E-state index contributed by atoms with van der Waals surface area (Å²) in [6, 6.07) is 9.24. The summed E-state index contributed by atoms with van der Waals surface area (Å²) in [4.78, 5) is 12.6. The molecule has 2 aromatic rings. The summed E-state index contributed by atoms with van der Waals surface area (Å²) in [5, 5.41) is 0.665. The van der Waals surface area contributed by atoms with Crippen molar-refractivity contribution in [3.63, 3.8) is 0 Å². The minimum atomic E-state index is -3.71. The van der Waals surface area contributed by atoms with Crippen LogP contribution in [0.3, 0.4) is 0 Å². The van der Waals surface area contributed by atoms with Gasteiger partial charge in [-0.2, -0.15) is 4.31 Å². The maximum Gasteiger partial charge on any atom is 0.314 e. The van der Waals surface area contributed by atoms with Gasteiger partial charge in [0.05, 0.1) is 34.1 Å². The molecule has 166 valence electrons. The van der Waals surface area contributed by atoms with E-state index in [2.05, 4.69) is 0 Å². The molecular formula is C21H21Cl2NO6S. The number of carbonyl (C=O) groups is 1. The van der Waals surface area contributed by atoms with Gasteiger partial charge in [-0.1, -0.05) is 23.2 Å². The monoisotopic (exact) mass is 485 g/mol. The second kappa shape index (κ2) is 9.24. The third-order valence-corrected chi connectivity index (χ3v) is 7.89. The zero-order valence-electron chi connectivity index (χ0n) is 16.6. The summed E-state index contributed by atoms with van der Waals surface area (Å²) in [7, 11) is -3.71. The molecule has 10 heteroatoms. The van der Waals surface area contributed by atoms with Gasteiger partial charge in [-0.3, -0.25) is 4.79 Å². The van der Waals surface area contributed by atoms with Crippen molar-refractivity contribution in [1.82, 2.24) is 4.31 Å². The van der Waals surface area contributed by atoms with Gasteiger partial charge in [-0.15, -0.1) is 0 Å². The van der Waals surface area contributed by atoms with Crippen molar-refractivity contribution in [2.45, 2.75) is 24.2 Å².